The first-order valence-corrected chi connectivity index (χ1v) is 8.58. The van der Waals surface area contributed by atoms with E-state index in [1.807, 2.05) is 13.0 Å². The van der Waals surface area contributed by atoms with Gasteiger partial charge in [0.15, 0.2) is 5.78 Å². The van der Waals surface area contributed by atoms with Crippen molar-refractivity contribution in [3.63, 3.8) is 0 Å². The molecule has 0 saturated carbocycles. The highest BCUT2D eigenvalue weighted by atomic mass is 32.1. The molecule has 3 rings (SSSR count). The van der Waals surface area contributed by atoms with Crippen LogP contribution in [-0.2, 0) is 6.61 Å². The fourth-order valence-electron chi connectivity index (χ4n) is 2.19. The number of rotatable bonds is 7. The molecule has 0 atom stereocenters. The number of furan rings is 1. The number of carbonyl (C=O) groups excluding carboxylic acids is 1. The Labute approximate surface area is 153 Å². The van der Waals surface area contributed by atoms with Gasteiger partial charge in [-0.2, -0.15) is 0 Å². The van der Waals surface area contributed by atoms with Gasteiger partial charge < -0.3 is 9.15 Å². The highest BCUT2D eigenvalue weighted by molar-refractivity contribution is 7.14. The Morgan fingerprint density at radius 2 is 1.96 bits per heavy atom. The smallest absolute Gasteiger partial charge is 0.269 e. The molecule has 0 amide bonds. The lowest BCUT2D eigenvalue weighted by Crippen LogP contribution is -1.94. The summed E-state index contributed by atoms with van der Waals surface area (Å²) < 4.78 is 11.1. The topological polar surface area (TPSA) is 82.6 Å². The van der Waals surface area contributed by atoms with E-state index in [1.54, 1.807) is 24.3 Å². The molecule has 0 radical (unpaired) electrons. The van der Waals surface area contributed by atoms with Crippen molar-refractivity contribution < 1.29 is 18.9 Å². The maximum atomic E-state index is 12.0. The number of allylic oxidation sites excluding steroid dienone is 1. The van der Waals surface area contributed by atoms with E-state index in [0.717, 1.165) is 4.88 Å². The number of thiophene rings is 1. The average Bonchev–Trinajstić information content (AvgIpc) is 3.27. The molecule has 7 heteroatoms. The summed E-state index contributed by atoms with van der Waals surface area (Å²) in [5.41, 5.74) is 0.00775. The van der Waals surface area contributed by atoms with E-state index in [1.165, 1.54) is 41.7 Å². The minimum atomic E-state index is -0.465. The first kappa shape index (κ1) is 17.6. The second-order valence-corrected chi connectivity index (χ2v) is 6.74. The van der Waals surface area contributed by atoms with Crippen LogP contribution in [0.25, 0.3) is 6.08 Å². The van der Waals surface area contributed by atoms with Gasteiger partial charge in [0, 0.05) is 17.0 Å². The summed E-state index contributed by atoms with van der Waals surface area (Å²) >= 11 is 1.45. The molecule has 6 nitrogen and oxygen atoms in total. The van der Waals surface area contributed by atoms with Crippen LogP contribution in [0.2, 0.25) is 0 Å². The molecule has 0 saturated heterocycles. The number of aryl methyl sites for hydroxylation is 1. The van der Waals surface area contributed by atoms with Gasteiger partial charge in [-0.25, -0.2) is 0 Å². The largest absolute Gasteiger partial charge is 0.486 e. The van der Waals surface area contributed by atoms with Crippen LogP contribution in [0.4, 0.5) is 5.69 Å². The second kappa shape index (κ2) is 7.79. The predicted octanol–water partition coefficient (Wildman–Crippen LogP) is 5.03. The Bertz CT molecular complexity index is 952. The van der Waals surface area contributed by atoms with Gasteiger partial charge in [0.25, 0.3) is 5.69 Å². The molecule has 0 aliphatic carbocycles. The maximum absolute atomic E-state index is 12.0. The summed E-state index contributed by atoms with van der Waals surface area (Å²) in [4.78, 5) is 24.0. The van der Waals surface area contributed by atoms with Crippen molar-refractivity contribution in [3.05, 3.63) is 86.0 Å². The second-order valence-electron chi connectivity index (χ2n) is 5.45. The van der Waals surface area contributed by atoms with Gasteiger partial charge in [0.1, 0.15) is 23.9 Å². The van der Waals surface area contributed by atoms with Crippen LogP contribution in [0.15, 0.2) is 59.0 Å². The number of ketones is 1. The monoisotopic (exact) mass is 369 g/mol. The van der Waals surface area contributed by atoms with Crippen LogP contribution in [0.1, 0.15) is 26.1 Å². The summed E-state index contributed by atoms with van der Waals surface area (Å²) in [5, 5.41) is 10.6. The van der Waals surface area contributed by atoms with E-state index >= 15 is 0 Å². The van der Waals surface area contributed by atoms with Gasteiger partial charge in [0.2, 0.25) is 0 Å². The number of hydrogen-bond donors (Lipinski definition) is 0. The summed E-state index contributed by atoms with van der Waals surface area (Å²) in [6.45, 7) is 2.14. The first-order chi connectivity index (χ1) is 12.5. The Hall–Kier alpha value is -3.19. The van der Waals surface area contributed by atoms with E-state index in [0.29, 0.717) is 22.1 Å². The zero-order chi connectivity index (χ0) is 18.5. The lowest BCUT2D eigenvalue weighted by Gasteiger charge is -2.03. The van der Waals surface area contributed by atoms with Crippen molar-refractivity contribution in [2.24, 2.45) is 0 Å². The predicted molar refractivity (Wildman–Crippen MR) is 98.6 cm³/mol. The van der Waals surface area contributed by atoms with Gasteiger partial charge in [-0.1, -0.05) is 0 Å². The van der Waals surface area contributed by atoms with E-state index < -0.39 is 4.92 Å². The van der Waals surface area contributed by atoms with Crippen molar-refractivity contribution in [2.45, 2.75) is 13.5 Å². The fourth-order valence-corrected chi connectivity index (χ4v) is 2.97. The number of nitro benzene ring substituents is 1. The molecule has 0 N–H and O–H groups in total. The van der Waals surface area contributed by atoms with E-state index in [4.69, 9.17) is 9.15 Å². The summed E-state index contributed by atoms with van der Waals surface area (Å²) in [5.74, 6) is 1.58. The third-order valence-electron chi connectivity index (χ3n) is 3.49. The highest BCUT2D eigenvalue weighted by Crippen LogP contribution is 2.20. The standard InChI is InChI=1S/C19H15NO5S/c1-13-2-11-19(26-13)18(21)10-9-16-7-8-17(25-16)12-24-15-5-3-14(4-6-15)20(22)23/h2-11H,12H2,1H3/b10-9+. The number of nitro groups is 1. The number of carbonyl (C=O) groups is 1. The summed E-state index contributed by atoms with van der Waals surface area (Å²) in [6.07, 6.45) is 3.10. The van der Waals surface area contributed by atoms with Gasteiger partial charge in [-0.05, 0) is 55.5 Å². The Kier molecular flexibility index (Phi) is 5.28. The Balaban J connectivity index is 1.56. The number of nitrogens with zero attached hydrogens (tertiary/aromatic N) is 1. The molecule has 2 heterocycles. The van der Waals surface area contributed by atoms with Crippen molar-refractivity contribution >= 4 is 28.9 Å². The number of hydrogen-bond acceptors (Lipinski definition) is 6. The third kappa shape index (κ3) is 4.46. The van der Waals surface area contributed by atoms with Crippen LogP contribution in [-0.4, -0.2) is 10.7 Å². The molecule has 0 bridgehead atoms. The van der Waals surface area contributed by atoms with Crippen LogP contribution >= 0.6 is 11.3 Å². The van der Waals surface area contributed by atoms with E-state index in [-0.39, 0.29) is 18.1 Å². The molecule has 132 valence electrons. The molecule has 0 spiro atoms. The SMILES string of the molecule is Cc1ccc(C(=O)/C=C/c2ccc(COc3ccc([N+](=O)[O-])cc3)o2)s1. The summed E-state index contributed by atoms with van der Waals surface area (Å²) in [7, 11) is 0. The molecular formula is C19H15NO5S. The van der Waals surface area contributed by atoms with E-state index in [2.05, 4.69) is 0 Å². The third-order valence-corrected chi connectivity index (χ3v) is 4.51. The Morgan fingerprint density at radius 1 is 1.19 bits per heavy atom. The molecule has 3 aromatic rings. The summed E-state index contributed by atoms with van der Waals surface area (Å²) in [6, 6.07) is 13.0. The van der Waals surface area contributed by atoms with Gasteiger partial charge in [0.05, 0.1) is 9.80 Å². The lowest BCUT2D eigenvalue weighted by atomic mass is 10.3. The van der Waals surface area contributed by atoms with Crippen molar-refractivity contribution in [3.8, 4) is 5.75 Å². The lowest BCUT2D eigenvalue weighted by molar-refractivity contribution is -0.384. The molecule has 2 aromatic heterocycles. The van der Waals surface area contributed by atoms with Crippen molar-refractivity contribution in [1.29, 1.82) is 0 Å². The number of ether oxygens (including phenoxy) is 1. The highest BCUT2D eigenvalue weighted by Gasteiger charge is 2.07. The van der Waals surface area contributed by atoms with E-state index in [9.17, 15) is 14.9 Å². The normalized spacial score (nSPS) is 11.0. The van der Waals surface area contributed by atoms with Crippen LogP contribution in [0.5, 0.6) is 5.75 Å². The molecule has 0 aliphatic rings. The van der Waals surface area contributed by atoms with Crippen LogP contribution < -0.4 is 4.74 Å². The number of non-ortho nitro benzene ring substituents is 1. The average molecular weight is 369 g/mol. The zero-order valence-corrected chi connectivity index (χ0v) is 14.7. The molecule has 0 fully saturated rings. The van der Waals surface area contributed by atoms with Crippen molar-refractivity contribution in [1.82, 2.24) is 0 Å². The molecular weight excluding hydrogens is 354 g/mol. The van der Waals surface area contributed by atoms with Crippen LogP contribution in [0.3, 0.4) is 0 Å². The molecule has 0 unspecified atom stereocenters. The number of benzene rings is 1. The van der Waals surface area contributed by atoms with Crippen LogP contribution in [0, 0.1) is 17.0 Å². The fraction of sp³-hybridized carbons (Fsp3) is 0.105. The van der Waals surface area contributed by atoms with Gasteiger partial charge in [-0.15, -0.1) is 11.3 Å². The minimum Gasteiger partial charge on any atom is -0.486 e. The zero-order valence-electron chi connectivity index (χ0n) is 13.9. The van der Waals surface area contributed by atoms with Gasteiger partial charge in [-0.3, -0.25) is 14.9 Å². The first-order valence-electron chi connectivity index (χ1n) is 7.76. The maximum Gasteiger partial charge on any atom is 0.269 e. The quantitative estimate of drug-likeness (QED) is 0.252. The molecule has 26 heavy (non-hydrogen) atoms. The van der Waals surface area contributed by atoms with Gasteiger partial charge >= 0.3 is 0 Å². The van der Waals surface area contributed by atoms with Crippen molar-refractivity contribution in [2.75, 3.05) is 0 Å². The molecule has 0 aliphatic heterocycles. The molecule has 1 aromatic carbocycles. The minimum absolute atomic E-state index is 0.00775. The Morgan fingerprint density at radius 3 is 2.62 bits per heavy atom.